The van der Waals surface area contributed by atoms with E-state index in [2.05, 4.69) is 20.5 Å². The molecule has 1 heterocycles. The normalized spacial score (nSPS) is 9.95. The quantitative estimate of drug-likeness (QED) is 0.564. The van der Waals surface area contributed by atoms with E-state index >= 15 is 0 Å². The molecule has 0 fully saturated rings. The van der Waals surface area contributed by atoms with E-state index in [0.717, 1.165) is 0 Å². The maximum atomic E-state index is 11.3. The van der Waals surface area contributed by atoms with Crippen LogP contribution >= 0.6 is 0 Å². The Kier molecular flexibility index (Phi) is 5.48. The average Bonchev–Trinajstić information content (AvgIpc) is 2.75. The number of carbonyl (C=O) groups excluding carboxylic acids is 2. The Morgan fingerprint density at radius 3 is 2.74 bits per heavy atom. The van der Waals surface area contributed by atoms with Crippen molar-refractivity contribution < 1.29 is 24.2 Å². The molecule has 0 spiro atoms. The molecule has 1 rings (SSSR count). The van der Waals surface area contributed by atoms with E-state index in [4.69, 9.17) is 5.11 Å². The van der Waals surface area contributed by atoms with Gasteiger partial charge in [0.05, 0.1) is 11.9 Å². The second-order valence-corrected chi connectivity index (χ2v) is 3.53. The maximum absolute atomic E-state index is 11.3. The molecule has 1 aromatic rings. The molecule has 9 heteroatoms. The molecule has 0 radical (unpaired) electrons. The molecule has 9 nitrogen and oxygen atoms in total. The van der Waals surface area contributed by atoms with Gasteiger partial charge < -0.3 is 20.5 Å². The van der Waals surface area contributed by atoms with Gasteiger partial charge in [0.1, 0.15) is 19.8 Å². The lowest BCUT2D eigenvalue weighted by Gasteiger charge is -2.02. The van der Waals surface area contributed by atoms with Gasteiger partial charge in [-0.3, -0.25) is 14.3 Å². The second kappa shape index (κ2) is 7.11. The molecule has 0 atom stereocenters. The fourth-order valence-corrected chi connectivity index (χ4v) is 1.17. The Balaban J connectivity index is 2.38. The fraction of sp³-hybridized carbons (Fsp3) is 0.400. The number of aromatic nitrogens is 2. The van der Waals surface area contributed by atoms with Gasteiger partial charge in [0.25, 0.3) is 0 Å². The lowest BCUT2D eigenvalue weighted by Crippen LogP contribution is -2.23. The summed E-state index contributed by atoms with van der Waals surface area (Å²) in [5, 5.41) is 17.1. The Morgan fingerprint density at radius 1 is 1.37 bits per heavy atom. The first-order valence-corrected chi connectivity index (χ1v) is 5.33. The van der Waals surface area contributed by atoms with E-state index in [1.165, 1.54) is 24.1 Å². The molecule has 0 unspecified atom stereocenters. The second-order valence-electron chi connectivity index (χ2n) is 3.53. The standard InChI is InChI=1S/C10H14N4O5/c1-11-8(15)4-14-3-7(2-12-14)13-9(16)5-19-6-10(17)18/h2-3H,4-6H2,1H3,(H,11,15)(H,13,16)(H,17,18). The van der Waals surface area contributed by atoms with Gasteiger partial charge in [-0.1, -0.05) is 0 Å². The van der Waals surface area contributed by atoms with Crippen LogP contribution in [-0.2, 0) is 25.7 Å². The molecule has 0 aliphatic heterocycles. The van der Waals surface area contributed by atoms with E-state index in [-0.39, 0.29) is 19.1 Å². The number of carboxylic acids is 1. The van der Waals surface area contributed by atoms with Gasteiger partial charge >= 0.3 is 5.97 Å². The van der Waals surface area contributed by atoms with Gasteiger partial charge in [0.15, 0.2) is 0 Å². The predicted octanol–water partition coefficient (Wildman–Crippen LogP) is -1.33. The highest BCUT2D eigenvalue weighted by Crippen LogP contribution is 2.04. The highest BCUT2D eigenvalue weighted by atomic mass is 16.5. The molecule has 104 valence electrons. The van der Waals surface area contributed by atoms with Crippen LogP contribution in [0.1, 0.15) is 0 Å². The van der Waals surface area contributed by atoms with Crippen molar-refractivity contribution in [3.05, 3.63) is 12.4 Å². The summed E-state index contributed by atoms with van der Waals surface area (Å²) in [5.41, 5.74) is 0.396. The summed E-state index contributed by atoms with van der Waals surface area (Å²) in [6, 6.07) is 0. The highest BCUT2D eigenvalue weighted by molar-refractivity contribution is 5.91. The topological polar surface area (TPSA) is 123 Å². The van der Waals surface area contributed by atoms with Crippen molar-refractivity contribution in [1.29, 1.82) is 0 Å². The molecule has 0 aliphatic carbocycles. The summed E-state index contributed by atoms with van der Waals surface area (Å²) >= 11 is 0. The molecular weight excluding hydrogens is 256 g/mol. The molecule has 19 heavy (non-hydrogen) atoms. The van der Waals surface area contributed by atoms with Crippen LogP contribution in [0.5, 0.6) is 0 Å². The molecular formula is C10H14N4O5. The molecule has 0 saturated heterocycles. The summed E-state index contributed by atoms with van der Waals surface area (Å²) in [6.45, 7) is -0.863. The number of carbonyl (C=O) groups is 3. The number of ether oxygens (including phenoxy) is 1. The fourth-order valence-electron chi connectivity index (χ4n) is 1.17. The van der Waals surface area contributed by atoms with Crippen LogP contribution in [0.4, 0.5) is 5.69 Å². The number of rotatable bonds is 7. The number of nitrogens with one attached hydrogen (secondary N) is 2. The minimum absolute atomic E-state index is 0.0435. The van der Waals surface area contributed by atoms with Crippen LogP contribution in [0, 0.1) is 0 Å². The highest BCUT2D eigenvalue weighted by Gasteiger charge is 2.07. The van der Waals surface area contributed by atoms with E-state index in [1.807, 2.05) is 0 Å². The molecule has 1 aromatic heterocycles. The van der Waals surface area contributed by atoms with Crippen LogP contribution < -0.4 is 10.6 Å². The Hall–Kier alpha value is -2.42. The summed E-state index contributed by atoms with van der Waals surface area (Å²) in [7, 11) is 1.51. The average molecular weight is 270 g/mol. The van der Waals surface area contributed by atoms with Crippen molar-refractivity contribution in [3.8, 4) is 0 Å². The van der Waals surface area contributed by atoms with E-state index in [1.54, 1.807) is 0 Å². The first-order valence-electron chi connectivity index (χ1n) is 5.33. The number of nitrogens with zero attached hydrogens (tertiary/aromatic N) is 2. The first-order chi connectivity index (χ1) is 9.01. The third-order valence-corrected chi connectivity index (χ3v) is 1.96. The third-order valence-electron chi connectivity index (χ3n) is 1.96. The van der Waals surface area contributed by atoms with Crippen molar-refractivity contribution >= 4 is 23.5 Å². The number of hydrogen-bond acceptors (Lipinski definition) is 5. The van der Waals surface area contributed by atoms with Gasteiger partial charge in [-0.2, -0.15) is 5.10 Å². The monoisotopic (exact) mass is 270 g/mol. The zero-order valence-corrected chi connectivity index (χ0v) is 10.3. The lowest BCUT2D eigenvalue weighted by molar-refractivity contribution is -0.143. The van der Waals surface area contributed by atoms with Crippen molar-refractivity contribution in [1.82, 2.24) is 15.1 Å². The molecule has 0 aliphatic rings. The van der Waals surface area contributed by atoms with E-state index in [0.29, 0.717) is 5.69 Å². The van der Waals surface area contributed by atoms with Gasteiger partial charge in [-0.25, -0.2) is 4.79 Å². The van der Waals surface area contributed by atoms with Crippen molar-refractivity contribution in [2.75, 3.05) is 25.6 Å². The number of amides is 2. The van der Waals surface area contributed by atoms with Crippen LogP contribution in [0.2, 0.25) is 0 Å². The first kappa shape index (κ1) is 14.6. The Morgan fingerprint density at radius 2 is 2.11 bits per heavy atom. The van der Waals surface area contributed by atoms with Gasteiger partial charge in [-0.05, 0) is 0 Å². The third kappa shape index (κ3) is 5.64. The maximum Gasteiger partial charge on any atom is 0.329 e. The summed E-state index contributed by atoms with van der Waals surface area (Å²) in [5.74, 6) is -1.86. The van der Waals surface area contributed by atoms with Gasteiger partial charge in [0.2, 0.25) is 11.8 Å². The Labute approximate surface area is 108 Å². The van der Waals surface area contributed by atoms with E-state index < -0.39 is 18.5 Å². The van der Waals surface area contributed by atoms with Crippen LogP contribution in [0.25, 0.3) is 0 Å². The van der Waals surface area contributed by atoms with Crippen molar-refractivity contribution in [2.45, 2.75) is 6.54 Å². The molecule has 0 aromatic carbocycles. The molecule has 2 amide bonds. The summed E-state index contributed by atoms with van der Waals surface area (Å²) < 4.78 is 5.97. The minimum Gasteiger partial charge on any atom is -0.480 e. The molecule has 0 bridgehead atoms. The lowest BCUT2D eigenvalue weighted by atomic mass is 10.5. The van der Waals surface area contributed by atoms with Crippen LogP contribution in [-0.4, -0.2) is 52.9 Å². The zero-order chi connectivity index (χ0) is 14.3. The summed E-state index contributed by atoms with van der Waals surface area (Å²) in [6.07, 6.45) is 2.85. The van der Waals surface area contributed by atoms with Crippen molar-refractivity contribution in [2.24, 2.45) is 0 Å². The largest absolute Gasteiger partial charge is 0.480 e. The Bertz CT molecular complexity index is 470. The molecule has 0 saturated carbocycles. The van der Waals surface area contributed by atoms with Crippen LogP contribution in [0.15, 0.2) is 12.4 Å². The zero-order valence-electron chi connectivity index (χ0n) is 10.3. The number of hydrogen-bond donors (Lipinski definition) is 3. The number of carboxylic acid groups (broad SMARTS) is 1. The van der Waals surface area contributed by atoms with Gasteiger partial charge in [0, 0.05) is 13.2 Å². The SMILES string of the molecule is CNC(=O)Cn1cc(NC(=O)COCC(=O)O)cn1. The smallest absolute Gasteiger partial charge is 0.329 e. The molecule has 3 N–H and O–H groups in total. The van der Waals surface area contributed by atoms with Crippen LogP contribution in [0.3, 0.4) is 0 Å². The predicted molar refractivity (Wildman–Crippen MR) is 63.4 cm³/mol. The minimum atomic E-state index is -1.15. The van der Waals surface area contributed by atoms with Crippen molar-refractivity contribution in [3.63, 3.8) is 0 Å². The number of likely N-dealkylation sites (N-methyl/N-ethyl adjacent to an activating group) is 1. The number of aliphatic carboxylic acids is 1. The van der Waals surface area contributed by atoms with Gasteiger partial charge in [-0.15, -0.1) is 0 Å². The summed E-state index contributed by atoms with van der Waals surface area (Å²) in [4.78, 5) is 32.6. The van der Waals surface area contributed by atoms with E-state index in [9.17, 15) is 14.4 Å². The number of anilines is 1.